The molecule has 0 aliphatic rings. The van der Waals surface area contributed by atoms with Gasteiger partial charge in [0.25, 0.3) is 10.9 Å². The van der Waals surface area contributed by atoms with Crippen LogP contribution in [0.2, 0.25) is 5.02 Å². The van der Waals surface area contributed by atoms with Crippen molar-refractivity contribution in [3.63, 3.8) is 0 Å². The molecule has 0 N–H and O–H groups in total. The lowest BCUT2D eigenvalue weighted by atomic mass is 10.2. The van der Waals surface area contributed by atoms with Crippen molar-refractivity contribution >= 4 is 56.7 Å². The minimum absolute atomic E-state index is 0.0491. The number of nitrogens with zero attached hydrogens (tertiary/aromatic N) is 1. The Kier molecular flexibility index (Phi) is 3.68. The summed E-state index contributed by atoms with van der Waals surface area (Å²) in [6.45, 7) is 0. The first-order chi connectivity index (χ1) is 6.43. The van der Waals surface area contributed by atoms with Gasteiger partial charge in [0.1, 0.15) is 0 Å². The van der Waals surface area contributed by atoms with Gasteiger partial charge in [-0.1, -0.05) is 11.6 Å². The predicted octanol–water partition coefficient (Wildman–Crippen LogP) is 3.23. The second-order valence-electron chi connectivity index (χ2n) is 2.32. The van der Waals surface area contributed by atoms with E-state index in [1.54, 1.807) is 22.6 Å². The summed E-state index contributed by atoms with van der Waals surface area (Å²) in [5.74, 6) is 0. The highest BCUT2D eigenvalue weighted by Crippen LogP contribution is 2.29. The molecule has 0 fully saturated rings. The number of benzene rings is 1. The second kappa shape index (κ2) is 4.41. The highest BCUT2D eigenvalue weighted by Gasteiger charge is 2.17. The number of nitro benzene ring substituents is 1. The quantitative estimate of drug-likeness (QED) is 0.358. The summed E-state index contributed by atoms with van der Waals surface area (Å²) < 4.78 is 0.419. The summed E-state index contributed by atoms with van der Waals surface area (Å²) >= 11 is 12.7. The molecule has 7 heteroatoms. The fourth-order valence-corrected chi connectivity index (χ4v) is 1.83. The number of carbonyl (C=O) groups excluding carboxylic acids is 1. The van der Waals surface area contributed by atoms with Crippen LogP contribution in [-0.4, -0.2) is 10.2 Å². The van der Waals surface area contributed by atoms with Crippen molar-refractivity contribution in [1.29, 1.82) is 0 Å². The molecule has 1 aromatic carbocycles. The molecule has 0 spiro atoms. The maximum Gasteiger partial charge on any atom is 0.271 e. The number of hydrogen-bond acceptors (Lipinski definition) is 3. The molecule has 0 heterocycles. The van der Waals surface area contributed by atoms with Crippen LogP contribution in [0.15, 0.2) is 12.1 Å². The van der Waals surface area contributed by atoms with Crippen LogP contribution in [0, 0.1) is 13.7 Å². The number of halogens is 3. The Hall–Kier alpha value is -0.400. The summed E-state index contributed by atoms with van der Waals surface area (Å²) in [5, 5.41) is 9.77. The van der Waals surface area contributed by atoms with E-state index < -0.39 is 10.2 Å². The lowest BCUT2D eigenvalue weighted by Crippen LogP contribution is -1.96. The molecular formula is C7H2Cl2INO3. The van der Waals surface area contributed by atoms with E-state index in [0.29, 0.717) is 3.57 Å². The number of hydrogen-bond donors (Lipinski definition) is 0. The van der Waals surface area contributed by atoms with Gasteiger partial charge in [-0.05, 0) is 34.2 Å². The van der Waals surface area contributed by atoms with Crippen molar-refractivity contribution in [2.45, 2.75) is 0 Å². The Bertz CT molecular complexity index is 422. The smallest absolute Gasteiger partial charge is 0.271 e. The van der Waals surface area contributed by atoms with E-state index in [0.717, 1.165) is 6.07 Å². The van der Waals surface area contributed by atoms with Crippen LogP contribution in [0.1, 0.15) is 10.4 Å². The first kappa shape index (κ1) is 11.7. The molecule has 0 unspecified atom stereocenters. The van der Waals surface area contributed by atoms with E-state index in [-0.39, 0.29) is 16.3 Å². The third-order valence-corrected chi connectivity index (χ3v) is 3.22. The van der Waals surface area contributed by atoms with Crippen molar-refractivity contribution in [2.75, 3.05) is 0 Å². The fraction of sp³-hybridized carbons (Fsp3) is 0. The van der Waals surface area contributed by atoms with Crippen LogP contribution in [0.25, 0.3) is 0 Å². The zero-order chi connectivity index (χ0) is 10.9. The number of nitro groups is 1. The van der Waals surface area contributed by atoms with Crippen LogP contribution in [0.4, 0.5) is 5.69 Å². The van der Waals surface area contributed by atoms with E-state index in [9.17, 15) is 14.9 Å². The molecule has 74 valence electrons. The third-order valence-electron chi connectivity index (χ3n) is 1.44. The molecule has 0 amide bonds. The summed E-state index contributed by atoms with van der Waals surface area (Å²) in [6, 6.07) is 2.33. The van der Waals surface area contributed by atoms with Crippen LogP contribution >= 0.6 is 45.8 Å². The van der Waals surface area contributed by atoms with Crippen molar-refractivity contribution in [3.8, 4) is 0 Å². The van der Waals surface area contributed by atoms with Gasteiger partial charge in [0, 0.05) is 15.7 Å². The van der Waals surface area contributed by atoms with Gasteiger partial charge in [0.15, 0.2) is 0 Å². The van der Waals surface area contributed by atoms with Gasteiger partial charge in [-0.2, -0.15) is 0 Å². The lowest BCUT2D eigenvalue weighted by Gasteiger charge is -2.01. The Morgan fingerprint density at radius 1 is 1.50 bits per heavy atom. The Balaban J connectivity index is 3.43. The molecule has 0 saturated heterocycles. The normalized spacial score (nSPS) is 9.93. The van der Waals surface area contributed by atoms with E-state index in [1.165, 1.54) is 6.07 Å². The van der Waals surface area contributed by atoms with Crippen LogP contribution in [0.5, 0.6) is 0 Å². The van der Waals surface area contributed by atoms with Gasteiger partial charge in [0.05, 0.1) is 15.5 Å². The lowest BCUT2D eigenvalue weighted by molar-refractivity contribution is -0.385. The van der Waals surface area contributed by atoms with Crippen molar-refractivity contribution in [2.24, 2.45) is 0 Å². The first-order valence-electron chi connectivity index (χ1n) is 3.26. The van der Waals surface area contributed by atoms with Gasteiger partial charge in [-0.25, -0.2) is 0 Å². The molecule has 0 atom stereocenters. The minimum Gasteiger partial charge on any atom is -0.276 e. The van der Waals surface area contributed by atoms with Gasteiger partial charge in [0.2, 0.25) is 0 Å². The van der Waals surface area contributed by atoms with Crippen LogP contribution in [0.3, 0.4) is 0 Å². The van der Waals surface area contributed by atoms with Gasteiger partial charge in [-0.15, -0.1) is 0 Å². The van der Waals surface area contributed by atoms with E-state index in [2.05, 4.69) is 0 Å². The topological polar surface area (TPSA) is 60.2 Å². The molecule has 1 aromatic rings. The predicted molar refractivity (Wildman–Crippen MR) is 61.0 cm³/mol. The number of carbonyl (C=O) groups is 1. The summed E-state index contributed by atoms with van der Waals surface area (Å²) in [5.41, 5.74) is -0.255. The Labute approximate surface area is 102 Å². The highest BCUT2D eigenvalue weighted by molar-refractivity contribution is 14.1. The van der Waals surface area contributed by atoms with Crippen molar-refractivity contribution in [1.82, 2.24) is 0 Å². The second-order valence-corrected chi connectivity index (χ2v) is 4.20. The molecule has 0 bridgehead atoms. The number of rotatable bonds is 2. The minimum atomic E-state index is -0.809. The molecule has 0 saturated carbocycles. The third kappa shape index (κ3) is 2.34. The fourth-order valence-electron chi connectivity index (χ4n) is 0.823. The molecule has 0 aromatic heterocycles. The summed E-state index contributed by atoms with van der Waals surface area (Å²) in [6.07, 6.45) is 0. The molecular weight excluding hydrogens is 344 g/mol. The average molecular weight is 346 g/mol. The van der Waals surface area contributed by atoms with Gasteiger partial charge < -0.3 is 0 Å². The van der Waals surface area contributed by atoms with Crippen molar-refractivity contribution < 1.29 is 9.72 Å². The van der Waals surface area contributed by atoms with Gasteiger partial charge >= 0.3 is 0 Å². The largest absolute Gasteiger partial charge is 0.276 e. The maximum absolute atomic E-state index is 10.8. The molecule has 0 radical (unpaired) electrons. The monoisotopic (exact) mass is 345 g/mol. The molecule has 0 aliphatic heterocycles. The average Bonchev–Trinajstić information content (AvgIpc) is 2.08. The zero-order valence-electron chi connectivity index (χ0n) is 6.46. The Morgan fingerprint density at radius 2 is 2.07 bits per heavy atom. The van der Waals surface area contributed by atoms with E-state index in [1.807, 2.05) is 0 Å². The molecule has 4 nitrogen and oxygen atoms in total. The zero-order valence-corrected chi connectivity index (χ0v) is 10.1. The molecule has 0 aliphatic carbocycles. The van der Waals surface area contributed by atoms with Crippen molar-refractivity contribution in [3.05, 3.63) is 36.4 Å². The van der Waals surface area contributed by atoms with E-state index in [4.69, 9.17) is 23.2 Å². The van der Waals surface area contributed by atoms with Crippen LogP contribution < -0.4 is 0 Å². The Morgan fingerprint density at radius 3 is 2.50 bits per heavy atom. The summed E-state index contributed by atoms with van der Waals surface area (Å²) in [7, 11) is 0. The molecule has 1 rings (SSSR count). The van der Waals surface area contributed by atoms with Crippen LogP contribution in [-0.2, 0) is 0 Å². The first-order valence-corrected chi connectivity index (χ1v) is 5.10. The van der Waals surface area contributed by atoms with Gasteiger partial charge in [-0.3, -0.25) is 14.9 Å². The molecule has 14 heavy (non-hydrogen) atoms. The highest BCUT2D eigenvalue weighted by atomic mass is 127. The standard InChI is InChI=1S/C7H2Cl2INO3/c8-6-4(7(9)12)1-3(11(13)14)2-5(6)10/h1-2H. The summed E-state index contributed by atoms with van der Waals surface area (Å²) in [4.78, 5) is 20.7. The number of non-ortho nitro benzene ring substituents is 1. The SMILES string of the molecule is O=C(Cl)c1cc([N+](=O)[O-])cc(I)c1Cl. The maximum atomic E-state index is 10.8. The van der Waals surface area contributed by atoms with E-state index >= 15 is 0 Å².